The number of carboxylic acid groups (broad SMARTS) is 1. The first-order valence-electron chi connectivity index (χ1n) is 14.0. The minimum Gasteiger partial charge on any atom is -0.481 e. The van der Waals surface area contributed by atoms with Gasteiger partial charge in [-0.2, -0.15) is 0 Å². The van der Waals surface area contributed by atoms with Crippen LogP contribution >= 0.6 is 0 Å². The van der Waals surface area contributed by atoms with Crippen molar-refractivity contribution in [1.82, 2.24) is 0 Å². The molecule has 0 heterocycles. The maximum Gasteiger partial charge on any atom is 0.310 e. The van der Waals surface area contributed by atoms with E-state index in [4.69, 9.17) is 0 Å². The van der Waals surface area contributed by atoms with Crippen LogP contribution < -0.4 is 0 Å². The molecular formula is C30H48O5. The second kappa shape index (κ2) is 7.35. The molecule has 35 heavy (non-hydrogen) atoms. The summed E-state index contributed by atoms with van der Waals surface area (Å²) in [6.07, 6.45) is 7.21. The third-order valence-electron chi connectivity index (χ3n) is 13.4. The van der Waals surface area contributed by atoms with E-state index in [1.165, 1.54) is 5.57 Å². The highest BCUT2D eigenvalue weighted by atomic mass is 16.4. The van der Waals surface area contributed by atoms with Crippen LogP contribution in [0.25, 0.3) is 0 Å². The fourth-order valence-electron chi connectivity index (χ4n) is 11.0. The maximum absolute atomic E-state index is 12.8. The first-order valence-corrected chi connectivity index (χ1v) is 14.0. The summed E-state index contributed by atoms with van der Waals surface area (Å²) in [6.45, 7) is 15.3. The highest BCUT2D eigenvalue weighted by Gasteiger charge is 2.71. The minimum atomic E-state index is -1.05. The van der Waals surface area contributed by atoms with Gasteiger partial charge in [-0.05, 0) is 97.7 Å². The monoisotopic (exact) mass is 488 g/mol. The van der Waals surface area contributed by atoms with Crippen LogP contribution in [0, 0.1) is 50.7 Å². The lowest BCUT2D eigenvalue weighted by molar-refractivity contribution is -0.237. The molecule has 0 saturated heterocycles. The molecule has 0 bridgehead atoms. The van der Waals surface area contributed by atoms with Crippen LogP contribution in [0.3, 0.4) is 0 Å². The topological polar surface area (TPSA) is 98.0 Å². The lowest BCUT2D eigenvalue weighted by Crippen LogP contribution is -2.68. The van der Waals surface area contributed by atoms with E-state index in [0.717, 1.165) is 32.1 Å². The largest absolute Gasteiger partial charge is 0.481 e. The molecule has 11 atom stereocenters. The average Bonchev–Trinajstić information content (AvgIpc) is 2.75. The van der Waals surface area contributed by atoms with E-state index in [9.17, 15) is 25.2 Å². The molecule has 0 amide bonds. The van der Waals surface area contributed by atoms with Crippen molar-refractivity contribution in [2.75, 3.05) is 0 Å². The summed E-state index contributed by atoms with van der Waals surface area (Å²) in [6, 6.07) is 0. The van der Waals surface area contributed by atoms with Gasteiger partial charge >= 0.3 is 5.97 Å². The standard InChI is InChI=1S/C30H48O5/c1-17-10-13-30(24(33)34)15-14-27(5)18(22(30)29(17,7)35)8-9-21-26(4)16-19(31)23(32)25(2,3)20(26)11-12-28(21,27)6/h8,17,19-23,31-32,35H,9-16H2,1-7H3,(H,33,34)/t17-,19-,20+,21+,22+,23-,26+,27-,28-,29-,30+/m1/s1. The third-order valence-corrected chi connectivity index (χ3v) is 13.4. The smallest absolute Gasteiger partial charge is 0.310 e. The van der Waals surface area contributed by atoms with Crippen LogP contribution in [0.4, 0.5) is 0 Å². The van der Waals surface area contributed by atoms with Crippen LogP contribution in [0.5, 0.6) is 0 Å². The predicted molar refractivity (Wildman–Crippen MR) is 135 cm³/mol. The van der Waals surface area contributed by atoms with Gasteiger partial charge in [0, 0.05) is 5.92 Å². The Balaban J connectivity index is 1.65. The molecule has 0 spiro atoms. The molecule has 0 aliphatic heterocycles. The van der Waals surface area contributed by atoms with Crippen LogP contribution in [0.15, 0.2) is 11.6 Å². The average molecular weight is 489 g/mol. The van der Waals surface area contributed by atoms with Crippen molar-refractivity contribution in [1.29, 1.82) is 0 Å². The van der Waals surface area contributed by atoms with Gasteiger partial charge in [0.1, 0.15) is 0 Å². The van der Waals surface area contributed by atoms with Gasteiger partial charge in [0.15, 0.2) is 0 Å². The summed E-state index contributed by atoms with van der Waals surface area (Å²) in [5.41, 5.74) is -1.46. The Bertz CT molecular complexity index is 952. The second-order valence-corrected chi connectivity index (χ2v) is 14.9. The number of hydrogen-bond acceptors (Lipinski definition) is 4. The van der Waals surface area contributed by atoms with Crippen LogP contribution in [-0.4, -0.2) is 44.2 Å². The van der Waals surface area contributed by atoms with Gasteiger partial charge in [-0.3, -0.25) is 4.79 Å². The number of rotatable bonds is 1. The Labute approximate surface area is 211 Å². The Morgan fingerprint density at radius 3 is 2.23 bits per heavy atom. The van der Waals surface area contributed by atoms with E-state index >= 15 is 0 Å². The molecule has 5 heteroatoms. The summed E-state index contributed by atoms with van der Waals surface area (Å²) < 4.78 is 0. The third kappa shape index (κ3) is 2.90. The summed E-state index contributed by atoms with van der Waals surface area (Å²) in [5, 5.41) is 44.3. The normalized spacial score (nSPS) is 57.1. The van der Waals surface area contributed by atoms with E-state index in [2.05, 4.69) is 47.6 Å². The molecule has 0 aromatic heterocycles. The molecule has 0 unspecified atom stereocenters. The van der Waals surface area contributed by atoms with E-state index in [1.807, 2.05) is 6.92 Å². The number of carboxylic acids is 1. The first kappa shape index (κ1) is 25.7. The summed E-state index contributed by atoms with van der Waals surface area (Å²) in [7, 11) is 0. The van der Waals surface area contributed by atoms with Gasteiger partial charge in [-0.25, -0.2) is 0 Å². The molecule has 5 aliphatic rings. The predicted octanol–water partition coefficient (Wildman–Crippen LogP) is 5.18. The van der Waals surface area contributed by atoms with Crippen molar-refractivity contribution in [2.45, 2.75) is 118 Å². The molecule has 4 saturated carbocycles. The Morgan fingerprint density at radius 1 is 0.943 bits per heavy atom. The van der Waals surface area contributed by atoms with Crippen molar-refractivity contribution < 1.29 is 25.2 Å². The molecule has 0 radical (unpaired) electrons. The molecule has 5 nitrogen and oxygen atoms in total. The first-order chi connectivity index (χ1) is 16.0. The Kier molecular flexibility index (Phi) is 5.40. The number of aliphatic hydroxyl groups is 3. The molecule has 5 rings (SSSR count). The zero-order valence-electron chi connectivity index (χ0n) is 22.9. The number of allylic oxidation sites excluding steroid dienone is 1. The summed E-state index contributed by atoms with van der Waals surface area (Å²) in [4.78, 5) is 12.8. The highest BCUT2D eigenvalue weighted by Crippen LogP contribution is 2.76. The lowest BCUT2D eigenvalue weighted by atomic mass is 9.33. The molecule has 198 valence electrons. The quantitative estimate of drug-likeness (QED) is 0.382. The minimum absolute atomic E-state index is 0.0535. The number of aliphatic hydroxyl groups excluding tert-OH is 2. The molecule has 4 N–H and O–H groups in total. The summed E-state index contributed by atoms with van der Waals surface area (Å²) in [5.74, 6) is -0.394. The van der Waals surface area contributed by atoms with Gasteiger partial charge in [0.2, 0.25) is 0 Å². The van der Waals surface area contributed by atoms with E-state index in [0.29, 0.717) is 31.1 Å². The van der Waals surface area contributed by atoms with Crippen LogP contribution in [-0.2, 0) is 4.79 Å². The van der Waals surface area contributed by atoms with Gasteiger partial charge in [0.25, 0.3) is 0 Å². The van der Waals surface area contributed by atoms with Gasteiger partial charge in [-0.1, -0.05) is 53.2 Å². The number of fused-ring (bicyclic) bond motifs is 7. The molecule has 0 aromatic rings. The highest BCUT2D eigenvalue weighted by molar-refractivity contribution is 5.77. The molecule has 5 aliphatic carbocycles. The van der Waals surface area contributed by atoms with Crippen molar-refractivity contribution in [3.63, 3.8) is 0 Å². The molecule has 4 fully saturated rings. The SMILES string of the molecule is C[C@@H]1CC[C@]2(C(=O)O)CC[C@]3(C)C(=CC[C@H]4[C@@]5(C)C[C@@H](O)[C@@H](O)C(C)(C)[C@@H]5CC[C@]43C)[C@H]2[C@]1(C)O. The fraction of sp³-hybridized carbons (Fsp3) is 0.900. The van der Waals surface area contributed by atoms with E-state index in [-0.39, 0.29) is 33.5 Å². The Morgan fingerprint density at radius 2 is 1.60 bits per heavy atom. The molecule has 0 aromatic carbocycles. The van der Waals surface area contributed by atoms with Gasteiger partial charge in [-0.15, -0.1) is 0 Å². The number of hydrogen-bond donors (Lipinski definition) is 4. The fourth-order valence-corrected chi connectivity index (χ4v) is 11.0. The van der Waals surface area contributed by atoms with Crippen LogP contribution in [0.1, 0.15) is 99.8 Å². The molecular weight excluding hydrogens is 440 g/mol. The van der Waals surface area contributed by atoms with Crippen molar-refractivity contribution in [3.05, 3.63) is 11.6 Å². The zero-order chi connectivity index (χ0) is 26.0. The van der Waals surface area contributed by atoms with Crippen molar-refractivity contribution in [3.8, 4) is 0 Å². The van der Waals surface area contributed by atoms with Crippen molar-refractivity contribution in [2.24, 2.45) is 50.7 Å². The van der Waals surface area contributed by atoms with E-state index < -0.39 is 29.2 Å². The maximum atomic E-state index is 12.8. The second-order valence-electron chi connectivity index (χ2n) is 14.9. The zero-order valence-corrected chi connectivity index (χ0v) is 22.9. The van der Waals surface area contributed by atoms with Gasteiger partial charge in [0.05, 0.1) is 23.2 Å². The lowest BCUT2D eigenvalue weighted by Gasteiger charge is -2.72. The number of carbonyl (C=O) groups is 1. The van der Waals surface area contributed by atoms with Crippen LogP contribution in [0.2, 0.25) is 0 Å². The van der Waals surface area contributed by atoms with E-state index in [1.54, 1.807) is 0 Å². The number of aliphatic carboxylic acids is 1. The summed E-state index contributed by atoms with van der Waals surface area (Å²) >= 11 is 0. The Hall–Kier alpha value is -0.910. The van der Waals surface area contributed by atoms with Crippen molar-refractivity contribution >= 4 is 5.97 Å². The van der Waals surface area contributed by atoms with Gasteiger partial charge < -0.3 is 20.4 Å².